The van der Waals surface area contributed by atoms with Gasteiger partial charge < -0.3 is 10.6 Å². The van der Waals surface area contributed by atoms with Gasteiger partial charge in [0.15, 0.2) is 0 Å². The molecule has 1 rings (SSSR count). The molecule has 0 radical (unpaired) electrons. The van der Waals surface area contributed by atoms with Gasteiger partial charge >= 0.3 is 6.18 Å². The molecule has 0 aliphatic rings. The Bertz CT molecular complexity index is 558. The third-order valence-electron chi connectivity index (χ3n) is 3.18. The lowest BCUT2D eigenvalue weighted by Crippen LogP contribution is -2.54. The topological polar surface area (TPSA) is 58.2 Å². The molecule has 0 spiro atoms. The fourth-order valence-corrected chi connectivity index (χ4v) is 2.03. The van der Waals surface area contributed by atoms with Gasteiger partial charge in [-0.3, -0.25) is 9.59 Å². The smallest absolute Gasteiger partial charge is 0.354 e. The van der Waals surface area contributed by atoms with Crippen molar-refractivity contribution in [2.24, 2.45) is 0 Å². The highest BCUT2D eigenvalue weighted by atomic mass is 19.4. The van der Waals surface area contributed by atoms with Gasteiger partial charge in [-0.05, 0) is 31.0 Å². The first kappa shape index (κ1) is 18.0. The maximum Gasteiger partial charge on any atom is 0.416 e. The molecule has 0 saturated heterocycles. The zero-order chi connectivity index (χ0) is 17.0. The molecular weight excluding hydrogens is 297 g/mol. The number of alkyl halides is 3. The number of rotatable bonds is 5. The second-order valence-electron chi connectivity index (χ2n) is 5.14. The minimum atomic E-state index is -4.52. The number of hydrogen-bond acceptors (Lipinski definition) is 2. The SMILES string of the molecule is CCCNC(=O)[C@](C)(NC(C)=O)c1cccc(C(F)(F)F)c1. The molecule has 0 heterocycles. The normalized spacial score (nSPS) is 14.1. The van der Waals surface area contributed by atoms with Crippen LogP contribution in [0.1, 0.15) is 38.3 Å². The van der Waals surface area contributed by atoms with E-state index in [0.717, 1.165) is 12.1 Å². The molecule has 1 atom stereocenters. The molecule has 22 heavy (non-hydrogen) atoms. The molecule has 1 aromatic carbocycles. The summed E-state index contributed by atoms with van der Waals surface area (Å²) in [4.78, 5) is 23.7. The maximum absolute atomic E-state index is 12.8. The Hall–Kier alpha value is -2.05. The molecule has 0 saturated carbocycles. The summed E-state index contributed by atoms with van der Waals surface area (Å²) in [6.45, 7) is 4.81. The van der Waals surface area contributed by atoms with Crippen molar-refractivity contribution in [3.8, 4) is 0 Å². The van der Waals surface area contributed by atoms with Crippen molar-refractivity contribution in [3.05, 3.63) is 35.4 Å². The molecule has 0 bridgehead atoms. The molecule has 1 aromatic rings. The Kier molecular flexibility index (Phi) is 5.57. The third kappa shape index (κ3) is 4.22. The first-order valence-electron chi connectivity index (χ1n) is 6.86. The zero-order valence-electron chi connectivity index (χ0n) is 12.7. The Morgan fingerprint density at radius 2 is 1.77 bits per heavy atom. The predicted octanol–water partition coefficient (Wildman–Crippen LogP) is 2.58. The summed E-state index contributed by atoms with van der Waals surface area (Å²) in [7, 11) is 0. The summed E-state index contributed by atoms with van der Waals surface area (Å²) >= 11 is 0. The van der Waals surface area contributed by atoms with E-state index in [-0.39, 0.29) is 5.56 Å². The molecule has 0 aliphatic heterocycles. The van der Waals surface area contributed by atoms with E-state index < -0.39 is 29.1 Å². The van der Waals surface area contributed by atoms with Crippen molar-refractivity contribution in [1.29, 1.82) is 0 Å². The lowest BCUT2D eigenvalue weighted by atomic mass is 9.89. The van der Waals surface area contributed by atoms with Crippen LogP contribution >= 0.6 is 0 Å². The average Bonchev–Trinajstić information content (AvgIpc) is 2.43. The number of amides is 2. The molecule has 0 aliphatic carbocycles. The minimum absolute atomic E-state index is 0.0751. The van der Waals surface area contributed by atoms with E-state index in [1.165, 1.54) is 26.0 Å². The van der Waals surface area contributed by atoms with Gasteiger partial charge in [0, 0.05) is 13.5 Å². The Morgan fingerprint density at radius 3 is 2.27 bits per heavy atom. The molecular formula is C15H19F3N2O2. The Morgan fingerprint density at radius 1 is 1.18 bits per heavy atom. The van der Waals surface area contributed by atoms with Crippen molar-refractivity contribution in [3.63, 3.8) is 0 Å². The highest BCUT2D eigenvalue weighted by Crippen LogP contribution is 2.32. The molecule has 2 N–H and O–H groups in total. The largest absolute Gasteiger partial charge is 0.416 e. The Balaban J connectivity index is 3.27. The summed E-state index contributed by atoms with van der Waals surface area (Å²) in [5.41, 5.74) is -2.36. The molecule has 122 valence electrons. The van der Waals surface area contributed by atoms with Gasteiger partial charge in [0.05, 0.1) is 5.56 Å². The summed E-state index contributed by atoms with van der Waals surface area (Å²) in [6.07, 6.45) is -3.85. The molecule has 7 heteroatoms. The van der Waals surface area contributed by atoms with E-state index >= 15 is 0 Å². The van der Waals surface area contributed by atoms with Crippen molar-refractivity contribution >= 4 is 11.8 Å². The number of hydrogen-bond donors (Lipinski definition) is 2. The average molecular weight is 316 g/mol. The fourth-order valence-electron chi connectivity index (χ4n) is 2.03. The maximum atomic E-state index is 12.8. The minimum Gasteiger partial charge on any atom is -0.354 e. The van der Waals surface area contributed by atoms with Crippen LogP contribution in [0.2, 0.25) is 0 Å². The van der Waals surface area contributed by atoms with Crippen molar-refractivity contribution < 1.29 is 22.8 Å². The van der Waals surface area contributed by atoms with Crippen molar-refractivity contribution in [1.82, 2.24) is 10.6 Å². The van der Waals surface area contributed by atoms with Crippen molar-refractivity contribution in [2.75, 3.05) is 6.54 Å². The first-order valence-corrected chi connectivity index (χ1v) is 6.86. The molecule has 2 amide bonds. The van der Waals surface area contributed by atoms with Crippen LogP contribution in [0.4, 0.5) is 13.2 Å². The number of benzene rings is 1. The zero-order valence-corrected chi connectivity index (χ0v) is 12.7. The van der Waals surface area contributed by atoms with E-state index in [1.807, 2.05) is 6.92 Å². The van der Waals surface area contributed by atoms with Crippen molar-refractivity contribution in [2.45, 2.75) is 38.9 Å². The molecule has 0 fully saturated rings. The lowest BCUT2D eigenvalue weighted by molar-refractivity contribution is -0.138. The molecule has 4 nitrogen and oxygen atoms in total. The fraction of sp³-hybridized carbons (Fsp3) is 0.467. The second-order valence-corrected chi connectivity index (χ2v) is 5.14. The van der Waals surface area contributed by atoms with Gasteiger partial charge in [0.1, 0.15) is 5.54 Å². The third-order valence-corrected chi connectivity index (χ3v) is 3.18. The highest BCUT2D eigenvalue weighted by molar-refractivity contribution is 5.91. The number of nitrogens with one attached hydrogen (secondary N) is 2. The molecule has 0 unspecified atom stereocenters. The van der Waals surface area contributed by atoms with Crippen LogP contribution in [0, 0.1) is 0 Å². The van der Waals surface area contributed by atoms with Crippen LogP contribution in [0.25, 0.3) is 0 Å². The van der Waals surface area contributed by atoms with E-state index in [0.29, 0.717) is 13.0 Å². The summed E-state index contributed by atoms with van der Waals surface area (Å²) < 4.78 is 38.5. The molecule has 0 aromatic heterocycles. The summed E-state index contributed by atoms with van der Waals surface area (Å²) in [5.74, 6) is -1.06. The predicted molar refractivity (Wildman–Crippen MR) is 75.9 cm³/mol. The van der Waals surface area contributed by atoms with Crippen LogP contribution in [0.3, 0.4) is 0 Å². The van der Waals surface area contributed by atoms with E-state index in [2.05, 4.69) is 10.6 Å². The number of halogens is 3. The van der Waals surface area contributed by atoms with Gasteiger partial charge in [-0.2, -0.15) is 13.2 Å². The highest BCUT2D eigenvalue weighted by Gasteiger charge is 2.38. The van der Waals surface area contributed by atoms with Crippen LogP contribution in [-0.4, -0.2) is 18.4 Å². The van der Waals surface area contributed by atoms with Gasteiger partial charge in [0.25, 0.3) is 0 Å². The van der Waals surface area contributed by atoms with Gasteiger partial charge in [-0.1, -0.05) is 19.1 Å². The van der Waals surface area contributed by atoms with Crippen LogP contribution < -0.4 is 10.6 Å². The standard InChI is InChI=1S/C15H19F3N2O2/c1-4-8-19-13(22)14(3,20-10(2)21)11-6-5-7-12(9-11)15(16,17)18/h5-7,9H,4,8H2,1-3H3,(H,19,22)(H,20,21)/t14-/m1/s1. The van der Waals surface area contributed by atoms with E-state index in [9.17, 15) is 22.8 Å². The summed E-state index contributed by atoms with van der Waals surface area (Å²) in [5, 5.41) is 5.04. The van der Waals surface area contributed by atoms with Crippen LogP contribution in [0.5, 0.6) is 0 Å². The second kappa shape index (κ2) is 6.81. The Labute approximate surface area is 127 Å². The van der Waals surface area contributed by atoms with Gasteiger partial charge in [-0.25, -0.2) is 0 Å². The quantitative estimate of drug-likeness (QED) is 0.877. The first-order chi connectivity index (χ1) is 10.1. The van der Waals surface area contributed by atoms with Crippen LogP contribution in [0.15, 0.2) is 24.3 Å². The van der Waals surface area contributed by atoms with Gasteiger partial charge in [0.2, 0.25) is 11.8 Å². The van der Waals surface area contributed by atoms with Gasteiger partial charge in [-0.15, -0.1) is 0 Å². The number of carbonyl (C=O) groups is 2. The van der Waals surface area contributed by atoms with E-state index in [4.69, 9.17) is 0 Å². The number of carbonyl (C=O) groups excluding carboxylic acids is 2. The lowest BCUT2D eigenvalue weighted by Gasteiger charge is -2.30. The summed E-state index contributed by atoms with van der Waals surface area (Å²) in [6, 6.07) is 4.39. The van der Waals surface area contributed by atoms with Crippen LogP contribution in [-0.2, 0) is 21.3 Å². The monoisotopic (exact) mass is 316 g/mol. The van der Waals surface area contributed by atoms with E-state index in [1.54, 1.807) is 0 Å².